The number of nitrogens with zero attached hydrogens (tertiary/aromatic N) is 3. The number of hydrogen-bond acceptors (Lipinski definition) is 7. The van der Waals surface area contributed by atoms with E-state index in [1.54, 1.807) is 0 Å². The number of ether oxygens (including phenoxy) is 2. The zero-order valence-corrected chi connectivity index (χ0v) is 17.3. The van der Waals surface area contributed by atoms with Crippen LogP contribution in [0.4, 0.5) is 0 Å². The summed E-state index contributed by atoms with van der Waals surface area (Å²) in [6.45, 7) is 4.36. The molecular formula is C21H16ClN3O3S. The van der Waals surface area contributed by atoms with Crippen LogP contribution in [0.1, 0.15) is 16.7 Å². The average molecular weight is 426 g/mol. The van der Waals surface area contributed by atoms with Gasteiger partial charge in [0, 0.05) is 22.3 Å². The molecule has 2 aromatic carbocycles. The highest BCUT2D eigenvalue weighted by Crippen LogP contribution is 2.36. The van der Waals surface area contributed by atoms with Gasteiger partial charge in [-0.3, -0.25) is 0 Å². The number of rotatable bonds is 4. The number of thioether (sulfide) groups is 1. The van der Waals surface area contributed by atoms with Gasteiger partial charge >= 0.3 is 0 Å². The summed E-state index contributed by atoms with van der Waals surface area (Å²) in [6.07, 6.45) is 0. The van der Waals surface area contributed by atoms with Crippen LogP contribution in [0.2, 0.25) is 5.15 Å². The maximum atomic E-state index is 6.43. The normalized spacial score (nSPS) is 12.7. The predicted molar refractivity (Wildman–Crippen MR) is 112 cm³/mol. The SMILES string of the molecule is Cc1ccc2cc(CSc3nnc(-c4ccc5c(c4)OCO5)o3)c(Cl)nc2c1C. The van der Waals surface area contributed by atoms with Crippen LogP contribution in [-0.4, -0.2) is 22.0 Å². The van der Waals surface area contributed by atoms with E-state index in [-0.39, 0.29) is 6.79 Å². The summed E-state index contributed by atoms with van der Waals surface area (Å²) in [5.41, 5.74) is 4.99. The lowest BCUT2D eigenvalue weighted by atomic mass is 10.0. The first-order chi connectivity index (χ1) is 14.1. The van der Waals surface area contributed by atoms with Crippen molar-refractivity contribution in [1.82, 2.24) is 15.2 Å². The molecule has 0 bridgehead atoms. The Balaban J connectivity index is 1.36. The fourth-order valence-electron chi connectivity index (χ4n) is 3.16. The minimum atomic E-state index is 0.226. The lowest BCUT2D eigenvalue weighted by Gasteiger charge is -2.08. The maximum absolute atomic E-state index is 6.43. The fourth-order valence-corrected chi connectivity index (χ4v) is 4.18. The Kier molecular flexibility index (Phi) is 4.56. The molecule has 0 spiro atoms. The van der Waals surface area contributed by atoms with Gasteiger partial charge < -0.3 is 13.9 Å². The molecule has 0 saturated heterocycles. The molecule has 5 rings (SSSR count). The third-order valence-corrected chi connectivity index (χ3v) is 6.11. The molecule has 1 aliphatic rings. The van der Waals surface area contributed by atoms with Crippen molar-refractivity contribution in [2.24, 2.45) is 0 Å². The second-order valence-corrected chi connectivity index (χ2v) is 8.03. The van der Waals surface area contributed by atoms with Crippen molar-refractivity contribution < 1.29 is 13.9 Å². The number of hydrogen-bond donors (Lipinski definition) is 0. The van der Waals surface area contributed by atoms with Gasteiger partial charge in [0.05, 0.1) is 5.52 Å². The van der Waals surface area contributed by atoms with Gasteiger partial charge in [0.15, 0.2) is 11.5 Å². The molecular weight excluding hydrogens is 410 g/mol. The molecule has 0 atom stereocenters. The number of pyridine rings is 1. The van der Waals surface area contributed by atoms with E-state index in [4.69, 9.17) is 25.5 Å². The Morgan fingerprint density at radius 1 is 1.03 bits per heavy atom. The number of aromatic nitrogens is 3. The van der Waals surface area contributed by atoms with Crippen LogP contribution >= 0.6 is 23.4 Å². The Bertz CT molecular complexity index is 1240. The van der Waals surface area contributed by atoms with E-state index < -0.39 is 0 Å². The molecule has 6 nitrogen and oxygen atoms in total. The fraction of sp³-hybridized carbons (Fsp3) is 0.190. The van der Waals surface area contributed by atoms with Gasteiger partial charge in [0.2, 0.25) is 12.7 Å². The van der Waals surface area contributed by atoms with Gasteiger partial charge in [-0.15, -0.1) is 10.2 Å². The van der Waals surface area contributed by atoms with Gasteiger partial charge in [-0.2, -0.15) is 0 Å². The number of fused-ring (bicyclic) bond motifs is 2. The van der Waals surface area contributed by atoms with E-state index in [1.165, 1.54) is 17.3 Å². The van der Waals surface area contributed by atoms with Crippen LogP contribution < -0.4 is 9.47 Å². The van der Waals surface area contributed by atoms with E-state index in [0.717, 1.165) is 27.6 Å². The van der Waals surface area contributed by atoms with Crippen LogP contribution in [0.3, 0.4) is 0 Å². The summed E-state index contributed by atoms with van der Waals surface area (Å²) in [5.74, 6) is 2.40. The average Bonchev–Trinajstić information content (AvgIpc) is 3.38. The largest absolute Gasteiger partial charge is 0.454 e. The zero-order chi connectivity index (χ0) is 20.0. The summed E-state index contributed by atoms with van der Waals surface area (Å²) in [4.78, 5) is 4.59. The van der Waals surface area contributed by atoms with Crippen molar-refractivity contribution in [3.05, 3.63) is 58.2 Å². The van der Waals surface area contributed by atoms with E-state index >= 15 is 0 Å². The number of aryl methyl sites for hydroxylation is 2. The molecule has 146 valence electrons. The van der Waals surface area contributed by atoms with Crippen LogP contribution in [0.25, 0.3) is 22.4 Å². The summed E-state index contributed by atoms with van der Waals surface area (Å²) in [6, 6.07) is 11.8. The molecule has 0 saturated carbocycles. The van der Waals surface area contributed by atoms with Crippen molar-refractivity contribution in [3.63, 3.8) is 0 Å². The third-order valence-electron chi connectivity index (χ3n) is 4.91. The lowest BCUT2D eigenvalue weighted by Crippen LogP contribution is -1.92. The number of benzene rings is 2. The minimum absolute atomic E-state index is 0.226. The molecule has 1 aliphatic heterocycles. The molecule has 0 N–H and O–H groups in total. The molecule has 0 radical (unpaired) electrons. The molecule has 2 aromatic heterocycles. The van der Waals surface area contributed by atoms with E-state index in [0.29, 0.717) is 33.5 Å². The van der Waals surface area contributed by atoms with Gasteiger partial charge in [0.25, 0.3) is 5.22 Å². The van der Waals surface area contributed by atoms with Crippen LogP contribution in [0, 0.1) is 13.8 Å². The van der Waals surface area contributed by atoms with Crippen molar-refractivity contribution in [3.8, 4) is 23.0 Å². The standard InChI is InChI=1S/C21H16ClN3O3S/c1-11-3-4-13-7-15(19(22)23-18(13)12(11)2)9-29-21-25-24-20(28-21)14-5-6-16-17(8-14)27-10-26-16/h3-8H,9-10H2,1-2H3. The zero-order valence-electron chi connectivity index (χ0n) is 15.7. The Morgan fingerprint density at radius 3 is 2.79 bits per heavy atom. The van der Waals surface area contributed by atoms with Crippen molar-refractivity contribution in [2.75, 3.05) is 6.79 Å². The molecule has 3 heterocycles. The van der Waals surface area contributed by atoms with Gasteiger partial charge in [-0.1, -0.05) is 35.5 Å². The van der Waals surface area contributed by atoms with Crippen molar-refractivity contribution in [1.29, 1.82) is 0 Å². The first-order valence-corrected chi connectivity index (χ1v) is 10.4. The Hall–Kier alpha value is -2.77. The van der Waals surface area contributed by atoms with Crippen molar-refractivity contribution in [2.45, 2.75) is 24.8 Å². The van der Waals surface area contributed by atoms with Crippen LogP contribution in [0.15, 0.2) is 46.0 Å². The molecule has 0 fully saturated rings. The van der Waals surface area contributed by atoms with Crippen LogP contribution in [0.5, 0.6) is 11.5 Å². The van der Waals surface area contributed by atoms with Gasteiger partial charge in [-0.25, -0.2) is 4.98 Å². The lowest BCUT2D eigenvalue weighted by molar-refractivity contribution is 0.174. The van der Waals surface area contributed by atoms with Crippen LogP contribution in [-0.2, 0) is 5.75 Å². The first kappa shape index (κ1) is 18.3. The van der Waals surface area contributed by atoms with Crippen molar-refractivity contribution >= 4 is 34.3 Å². The first-order valence-electron chi connectivity index (χ1n) is 9.00. The molecule has 8 heteroatoms. The molecule has 0 aliphatic carbocycles. The molecule has 29 heavy (non-hydrogen) atoms. The quantitative estimate of drug-likeness (QED) is 0.312. The highest BCUT2D eigenvalue weighted by molar-refractivity contribution is 7.98. The van der Waals surface area contributed by atoms with E-state index in [2.05, 4.69) is 47.2 Å². The minimum Gasteiger partial charge on any atom is -0.454 e. The predicted octanol–water partition coefficient (Wildman–Crippen LogP) is 5.58. The second kappa shape index (κ2) is 7.24. The van der Waals surface area contributed by atoms with E-state index in [1.807, 2.05) is 18.2 Å². The Morgan fingerprint density at radius 2 is 1.90 bits per heavy atom. The highest BCUT2D eigenvalue weighted by Gasteiger charge is 2.17. The summed E-state index contributed by atoms with van der Waals surface area (Å²) >= 11 is 7.86. The summed E-state index contributed by atoms with van der Waals surface area (Å²) < 4.78 is 16.5. The van der Waals surface area contributed by atoms with Gasteiger partial charge in [0.1, 0.15) is 5.15 Å². The summed E-state index contributed by atoms with van der Waals surface area (Å²) in [5, 5.41) is 10.3. The second-order valence-electron chi connectivity index (χ2n) is 6.75. The monoisotopic (exact) mass is 425 g/mol. The van der Waals surface area contributed by atoms with E-state index in [9.17, 15) is 0 Å². The molecule has 0 unspecified atom stereocenters. The summed E-state index contributed by atoms with van der Waals surface area (Å²) in [7, 11) is 0. The third kappa shape index (κ3) is 3.41. The highest BCUT2D eigenvalue weighted by atomic mass is 35.5. The molecule has 4 aromatic rings. The molecule has 0 amide bonds. The maximum Gasteiger partial charge on any atom is 0.277 e. The van der Waals surface area contributed by atoms with Gasteiger partial charge in [-0.05, 0) is 49.2 Å². The smallest absolute Gasteiger partial charge is 0.277 e. The Labute approximate surface area is 176 Å². The topological polar surface area (TPSA) is 70.3 Å². The number of halogens is 1.